The molecule has 116 valence electrons. The minimum Gasteiger partial charge on any atom is -0.367 e. The summed E-state index contributed by atoms with van der Waals surface area (Å²) in [5.41, 5.74) is 10.7. The van der Waals surface area contributed by atoms with Crippen molar-refractivity contribution >= 4 is 24.1 Å². The molecule has 0 aromatic heterocycles. The Morgan fingerprint density at radius 3 is 2.67 bits per heavy atom. The van der Waals surface area contributed by atoms with Crippen LogP contribution in [0.3, 0.4) is 0 Å². The first kappa shape index (κ1) is 16.4. The van der Waals surface area contributed by atoms with Crippen LogP contribution in [-0.4, -0.2) is 18.4 Å². The lowest BCUT2D eigenvalue weighted by Crippen LogP contribution is -2.26. The van der Waals surface area contributed by atoms with Crippen molar-refractivity contribution in [1.82, 2.24) is 5.43 Å². The standard InChI is InChI=1S/C17H13N7/c1-20-16-7-3-6-15(9-16)12-22-24-17(19)23-21-11-14-5-2-4-13(8-14)10-18/h2-9,11-12H,(H3,19,23,24)/b21-11+,22-12+. The number of nitrogens with one attached hydrogen (secondary N) is 1. The van der Waals surface area contributed by atoms with Crippen LogP contribution < -0.4 is 11.2 Å². The van der Waals surface area contributed by atoms with E-state index in [-0.39, 0.29) is 5.96 Å². The molecule has 0 spiro atoms. The highest BCUT2D eigenvalue weighted by molar-refractivity contribution is 5.85. The zero-order valence-corrected chi connectivity index (χ0v) is 12.6. The molecule has 2 aromatic carbocycles. The average molecular weight is 315 g/mol. The van der Waals surface area contributed by atoms with Gasteiger partial charge in [-0.25, -0.2) is 10.3 Å². The Kier molecular flexibility index (Phi) is 5.79. The smallest absolute Gasteiger partial charge is 0.234 e. The second kappa shape index (κ2) is 8.47. The van der Waals surface area contributed by atoms with Gasteiger partial charge in [-0.05, 0) is 29.3 Å². The van der Waals surface area contributed by atoms with Crippen LogP contribution in [0.25, 0.3) is 4.85 Å². The van der Waals surface area contributed by atoms with E-state index in [4.69, 9.17) is 17.6 Å². The topological polar surface area (TPSA) is 103 Å². The molecular weight excluding hydrogens is 302 g/mol. The second-order valence-electron chi connectivity index (χ2n) is 4.54. The summed E-state index contributed by atoms with van der Waals surface area (Å²) in [6.45, 7) is 6.95. The number of hydrazone groups is 1. The van der Waals surface area contributed by atoms with Crippen molar-refractivity contribution in [3.8, 4) is 6.07 Å². The van der Waals surface area contributed by atoms with Gasteiger partial charge in [0.25, 0.3) is 0 Å². The molecule has 3 N–H and O–H groups in total. The van der Waals surface area contributed by atoms with Crippen LogP contribution in [0.5, 0.6) is 0 Å². The summed E-state index contributed by atoms with van der Waals surface area (Å²) in [6, 6.07) is 16.0. The van der Waals surface area contributed by atoms with Crippen LogP contribution in [-0.2, 0) is 0 Å². The predicted octanol–water partition coefficient (Wildman–Crippen LogP) is 2.38. The predicted molar refractivity (Wildman–Crippen MR) is 93.8 cm³/mol. The lowest BCUT2D eigenvalue weighted by atomic mass is 10.1. The zero-order valence-electron chi connectivity index (χ0n) is 12.6. The maximum atomic E-state index is 8.82. The van der Waals surface area contributed by atoms with E-state index in [0.29, 0.717) is 11.3 Å². The van der Waals surface area contributed by atoms with Crippen LogP contribution in [0.2, 0.25) is 0 Å². The Bertz CT molecular complexity index is 882. The molecule has 0 bridgehead atoms. The van der Waals surface area contributed by atoms with Crippen LogP contribution in [0.15, 0.2) is 63.8 Å². The van der Waals surface area contributed by atoms with Gasteiger partial charge in [-0.1, -0.05) is 30.3 Å². The normalized spacial score (nSPS) is 11.3. The fourth-order valence-electron chi connectivity index (χ4n) is 1.72. The molecule has 2 rings (SSSR count). The summed E-state index contributed by atoms with van der Waals surface area (Å²) in [5, 5.41) is 20.3. The number of hydrogen-bond donors (Lipinski definition) is 2. The Hall–Kier alpha value is -3.97. The van der Waals surface area contributed by atoms with Gasteiger partial charge in [-0.15, -0.1) is 5.10 Å². The second-order valence-corrected chi connectivity index (χ2v) is 4.54. The van der Waals surface area contributed by atoms with Crippen LogP contribution in [0, 0.1) is 17.9 Å². The molecule has 7 heteroatoms. The van der Waals surface area contributed by atoms with Gasteiger partial charge in [-0.2, -0.15) is 15.5 Å². The number of nitriles is 1. The van der Waals surface area contributed by atoms with E-state index < -0.39 is 0 Å². The Labute approximate surface area is 139 Å². The molecule has 0 aliphatic heterocycles. The molecule has 2 aromatic rings. The first-order valence-corrected chi connectivity index (χ1v) is 6.84. The maximum absolute atomic E-state index is 8.82. The molecule has 0 amide bonds. The van der Waals surface area contributed by atoms with Gasteiger partial charge in [0.2, 0.25) is 5.96 Å². The minimum atomic E-state index is 0.0141. The highest BCUT2D eigenvalue weighted by Crippen LogP contribution is 2.11. The zero-order chi connectivity index (χ0) is 17.2. The highest BCUT2D eigenvalue weighted by atomic mass is 15.4. The first-order valence-electron chi connectivity index (χ1n) is 6.84. The van der Waals surface area contributed by atoms with Gasteiger partial charge >= 0.3 is 0 Å². The Morgan fingerprint density at radius 2 is 1.92 bits per heavy atom. The van der Waals surface area contributed by atoms with Crippen LogP contribution >= 0.6 is 0 Å². The summed E-state index contributed by atoms with van der Waals surface area (Å²) in [6.07, 6.45) is 3.01. The molecule has 0 unspecified atom stereocenters. The average Bonchev–Trinajstić information content (AvgIpc) is 2.62. The van der Waals surface area contributed by atoms with E-state index in [2.05, 4.69) is 25.6 Å². The van der Waals surface area contributed by atoms with Crippen molar-refractivity contribution in [1.29, 1.82) is 5.26 Å². The highest BCUT2D eigenvalue weighted by Gasteiger charge is 1.93. The van der Waals surface area contributed by atoms with Crippen molar-refractivity contribution in [3.05, 3.63) is 76.6 Å². The van der Waals surface area contributed by atoms with Crippen molar-refractivity contribution in [2.75, 3.05) is 0 Å². The molecule has 0 saturated heterocycles. The molecule has 24 heavy (non-hydrogen) atoms. The van der Waals surface area contributed by atoms with Crippen molar-refractivity contribution in [2.45, 2.75) is 0 Å². The van der Waals surface area contributed by atoms with E-state index in [1.807, 2.05) is 12.1 Å². The Balaban J connectivity index is 1.94. The third-order valence-electron chi connectivity index (χ3n) is 2.78. The summed E-state index contributed by atoms with van der Waals surface area (Å²) in [7, 11) is 0. The molecule has 0 heterocycles. The van der Waals surface area contributed by atoms with Gasteiger partial charge in [-0.3, -0.25) is 0 Å². The Morgan fingerprint density at radius 1 is 1.17 bits per heavy atom. The molecule has 0 atom stereocenters. The van der Waals surface area contributed by atoms with Crippen LogP contribution in [0.1, 0.15) is 16.7 Å². The quantitative estimate of drug-likeness (QED) is 0.392. The van der Waals surface area contributed by atoms with E-state index in [0.717, 1.165) is 11.1 Å². The van der Waals surface area contributed by atoms with Crippen molar-refractivity contribution in [3.63, 3.8) is 0 Å². The molecule has 7 nitrogen and oxygen atoms in total. The number of rotatable bonds is 4. The van der Waals surface area contributed by atoms with E-state index in [1.165, 1.54) is 12.4 Å². The molecule has 0 aliphatic carbocycles. The van der Waals surface area contributed by atoms with E-state index >= 15 is 0 Å². The lowest BCUT2D eigenvalue weighted by Gasteiger charge is -1.97. The fourth-order valence-corrected chi connectivity index (χ4v) is 1.72. The number of nitrogens with two attached hydrogens (primary N) is 1. The number of hydrogen-bond acceptors (Lipinski definition) is 4. The number of guanidine groups is 1. The fraction of sp³-hybridized carbons (Fsp3) is 0. The maximum Gasteiger partial charge on any atom is 0.234 e. The molecule has 0 saturated carbocycles. The minimum absolute atomic E-state index is 0.0141. The molecule has 0 aliphatic rings. The van der Waals surface area contributed by atoms with Gasteiger partial charge in [0.05, 0.1) is 30.6 Å². The third-order valence-corrected chi connectivity index (χ3v) is 2.78. The van der Waals surface area contributed by atoms with Crippen LogP contribution in [0.4, 0.5) is 5.69 Å². The number of nitrogens with zero attached hydrogens (tertiary/aromatic N) is 5. The summed E-state index contributed by atoms with van der Waals surface area (Å²) in [4.78, 5) is 3.34. The van der Waals surface area contributed by atoms with Crippen molar-refractivity contribution in [2.24, 2.45) is 21.0 Å². The summed E-state index contributed by atoms with van der Waals surface area (Å²) >= 11 is 0. The van der Waals surface area contributed by atoms with Gasteiger partial charge < -0.3 is 5.73 Å². The van der Waals surface area contributed by atoms with E-state index in [9.17, 15) is 0 Å². The number of benzene rings is 2. The lowest BCUT2D eigenvalue weighted by molar-refractivity contribution is 0.994. The summed E-state index contributed by atoms with van der Waals surface area (Å²) in [5.74, 6) is 0.0141. The molecule has 0 radical (unpaired) electrons. The molecular formula is C17H13N7. The molecule has 0 fully saturated rings. The van der Waals surface area contributed by atoms with Gasteiger partial charge in [0.15, 0.2) is 5.69 Å². The SMILES string of the molecule is [C-]#[N+]c1cccc(/C=N/NC(N)=N/N=C/c2cccc(C#N)c2)c1. The summed E-state index contributed by atoms with van der Waals surface area (Å²) < 4.78 is 0. The van der Waals surface area contributed by atoms with Gasteiger partial charge in [0.1, 0.15) is 0 Å². The third kappa shape index (κ3) is 5.10. The van der Waals surface area contributed by atoms with Gasteiger partial charge in [0, 0.05) is 0 Å². The first-order chi connectivity index (χ1) is 11.7. The van der Waals surface area contributed by atoms with Crippen molar-refractivity contribution < 1.29 is 0 Å². The van der Waals surface area contributed by atoms with E-state index in [1.54, 1.807) is 42.5 Å². The monoisotopic (exact) mass is 315 g/mol. The largest absolute Gasteiger partial charge is 0.367 e.